The van der Waals surface area contributed by atoms with E-state index in [0.29, 0.717) is 18.6 Å². The molecule has 1 saturated heterocycles. The number of nitrogens with one attached hydrogen (secondary N) is 1. The molecule has 4 atom stereocenters. The minimum atomic E-state index is -1.06. The number of benzene rings is 1. The molecule has 0 radical (unpaired) electrons. The Balaban J connectivity index is 1.77. The molecule has 1 heterocycles. The number of amides is 1. The van der Waals surface area contributed by atoms with E-state index >= 15 is 0 Å². The topological polar surface area (TPSA) is 95.9 Å². The molecule has 0 bridgehead atoms. The lowest BCUT2D eigenvalue weighted by atomic mass is 10.0. The number of ether oxygens (including phenoxy) is 1. The first-order valence-corrected chi connectivity index (χ1v) is 11.5. The highest BCUT2D eigenvalue weighted by Crippen LogP contribution is 2.29. The standard InChI is InChI=1S/C23H28N2O5S/c1-2-30-23(29)17(13-12-16-8-4-3-5-9-16)24-18-15-31-20-11-7-6-10-19(20)25(22(18)28)14-21(26)27/h3-11,17-20,24H,2,12-15H2,1H3,(H,26,27). The van der Waals surface area contributed by atoms with E-state index in [4.69, 9.17) is 4.74 Å². The second-order valence-corrected chi connectivity index (χ2v) is 8.68. The SMILES string of the molecule is CCOC(=O)C(CCc1ccccc1)NC1CSC2C=CC=CC2N(CC(=O)O)C1=O. The number of nitrogens with zero attached hydrogens (tertiary/aromatic N) is 1. The van der Waals surface area contributed by atoms with Crippen LogP contribution in [0.3, 0.4) is 0 Å². The Labute approximate surface area is 186 Å². The Morgan fingerprint density at radius 2 is 2.00 bits per heavy atom. The van der Waals surface area contributed by atoms with Gasteiger partial charge in [-0.05, 0) is 25.3 Å². The number of esters is 1. The van der Waals surface area contributed by atoms with Crippen molar-refractivity contribution in [2.24, 2.45) is 0 Å². The number of fused-ring (bicyclic) bond motifs is 1. The molecule has 1 aromatic carbocycles. The lowest BCUT2D eigenvalue weighted by molar-refractivity contribution is -0.148. The first-order valence-electron chi connectivity index (χ1n) is 10.4. The van der Waals surface area contributed by atoms with Gasteiger partial charge < -0.3 is 14.7 Å². The van der Waals surface area contributed by atoms with Gasteiger partial charge in [0.15, 0.2) is 0 Å². The zero-order valence-electron chi connectivity index (χ0n) is 17.5. The van der Waals surface area contributed by atoms with E-state index in [0.717, 1.165) is 5.56 Å². The van der Waals surface area contributed by atoms with Crippen LogP contribution in [0.5, 0.6) is 0 Å². The quantitative estimate of drug-likeness (QED) is 0.563. The van der Waals surface area contributed by atoms with Crippen molar-refractivity contribution >= 4 is 29.6 Å². The maximum atomic E-state index is 13.3. The number of carbonyl (C=O) groups excluding carboxylic acids is 2. The monoisotopic (exact) mass is 444 g/mol. The Morgan fingerprint density at radius 1 is 1.26 bits per heavy atom. The summed E-state index contributed by atoms with van der Waals surface area (Å²) in [5.74, 6) is -1.33. The molecule has 1 amide bonds. The predicted molar refractivity (Wildman–Crippen MR) is 120 cm³/mol. The first-order chi connectivity index (χ1) is 15.0. The number of hydrogen-bond donors (Lipinski definition) is 2. The van der Waals surface area contributed by atoms with Gasteiger partial charge in [-0.1, -0.05) is 54.6 Å². The fourth-order valence-corrected chi connectivity index (χ4v) is 5.09. The van der Waals surface area contributed by atoms with Crippen molar-refractivity contribution in [1.82, 2.24) is 10.2 Å². The first kappa shape index (κ1) is 23.1. The largest absolute Gasteiger partial charge is 0.480 e. The van der Waals surface area contributed by atoms with Crippen LogP contribution in [-0.2, 0) is 25.5 Å². The number of carboxylic acids is 1. The summed E-state index contributed by atoms with van der Waals surface area (Å²) in [6.45, 7) is 1.61. The molecule has 8 heteroatoms. The van der Waals surface area contributed by atoms with Crippen molar-refractivity contribution in [1.29, 1.82) is 0 Å². The molecule has 0 aromatic heterocycles. The van der Waals surface area contributed by atoms with E-state index in [1.54, 1.807) is 18.7 Å². The summed E-state index contributed by atoms with van der Waals surface area (Å²) in [6.07, 6.45) is 8.71. The highest BCUT2D eigenvalue weighted by Gasteiger charge is 2.39. The number of carboxylic acid groups (broad SMARTS) is 1. The van der Waals surface area contributed by atoms with E-state index in [1.165, 1.54) is 4.90 Å². The lowest BCUT2D eigenvalue weighted by Crippen LogP contribution is -2.55. The molecule has 2 aliphatic rings. The zero-order chi connectivity index (χ0) is 22.2. The van der Waals surface area contributed by atoms with Crippen LogP contribution in [0.4, 0.5) is 0 Å². The van der Waals surface area contributed by atoms with Gasteiger partial charge in [-0.3, -0.25) is 19.7 Å². The number of rotatable bonds is 9. The fraction of sp³-hybridized carbons (Fsp3) is 0.435. The Bertz CT molecular complexity index is 842. The third-order valence-corrected chi connectivity index (χ3v) is 6.64. The van der Waals surface area contributed by atoms with E-state index in [1.807, 2.05) is 54.6 Å². The molecule has 166 valence electrons. The fourth-order valence-electron chi connectivity index (χ4n) is 3.80. The third kappa shape index (κ3) is 6.21. The van der Waals surface area contributed by atoms with Crippen molar-refractivity contribution in [3.8, 4) is 0 Å². The summed E-state index contributed by atoms with van der Waals surface area (Å²) < 4.78 is 5.24. The maximum absolute atomic E-state index is 13.3. The van der Waals surface area contributed by atoms with Gasteiger partial charge in [0.1, 0.15) is 12.6 Å². The van der Waals surface area contributed by atoms with Gasteiger partial charge in [0, 0.05) is 11.0 Å². The van der Waals surface area contributed by atoms with Gasteiger partial charge in [0.05, 0.1) is 18.7 Å². The average Bonchev–Trinajstić information content (AvgIpc) is 2.89. The van der Waals surface area contributed by atoms with Gasteiger partial charge in [0.25, 0.3) is 0 Å². The summed E-state index contributed by atoms with van der Waals surface area (Å²) in [5, 5.41) is 12.5. The molecule has 1 aliphatic carbocycles. The molecule has 2 N–H and O–H groups in total. The minimum Gasteiger partial charge on any atom is -0.480 e. The second kappa shape index (κ2) is 11.2. The van der Waals surface area contributed by atoms with Crippen LogP contribution in [0.15, 0.2) is 54.6 Å². The smallest absolute Gasteiger partial charge is 0.323 e. The van der Waals surface area contributed by atoms with Crippen molar-refractivity contribution in [2.45, 2.75) is 43.1 Å². The Kier molecular flexibility index (Phi) is 8.31. The molecule has 1 aliphatic heterocycles. The van der Waals surface area contributed by atoms with Crippen LogP contribution in [0.25, 0.3) is 0 Å². The molecule has 3 rings (SSSR count). The van der Waals surface area contributed by atoms with Gasteiger partial charge >= 0.3 is 11.9 Å². The van der Waals surface area contributed by atoms with Gasteiger partial charge in [-0.2, -0.15) is 0 Å². The average molecular weight is 445 g/mol. The molecule has 1 fully saturated rings. The number of aryl methyl sites for hydroxylation is 1. The van der Waals surface area contributed by atoms with E-state index in [2.05, 4.69) is 5.32 Å². The second-order valence-electron chi connectivity index (χ2n) is 7.47. The predicted octanol–water partition coefficient (Wildman–Crippen LogP) is 2.03. The van der Waals surface area contributed by atoms with Crippen molar-refractivity contribution in [3.05, 3.63) is 60.2 Å². The number of carbonyl (C=O) groups is 3. The summed E-state index contributed by atoms with van der Waals surface area (Å²) >= 11 is 1.58. The van der Waals surface area contributed by atoms with Crippen LogP contribution in [0.1, 0.15) is 18.9 Å². The zero-order valence-corrected chi connectivity index (χ0v) is 18.3. The summed E-state index contributed by atoms with van der Waals surface area (Å²) in [6, 6.07) is 8.15. The van der Waals surface area contributed by atoms with Crippen LogP contribution in [-0.4, -0.2) is 70.1 Å². The van der Waals surface area contributed by atoms with Crippen LogP contribution >= 0.6 is 11.8 Å². The molecular weight excluding hydrogens is 416 g/mol. The maximum Gasteiger partial charge on any atom is 0.323 e. The summed E-state index contributed by atoms with van der Waals surface area (Å²) in [7, 11) is 0. The molecule has 1 aromatic rings. The molecular formula is C23H28N2O5S. The number of thioether (sulfide) groups is 1. The third-order valence-electron chi connectivity index (χ3n) is 5.30. The van der Waals surface area contributed by atoms with Crippen molar-refractivity contribution < 1.29 is 24.2 Å². The van der Waals surface area contributed by atoms with Crippen LogP contribution < -0.4 is 5.32 Å². The van der Waals surface area contributed by atoms with E-state index < -0.39 is 24.0 Å². The van der Waals surface area contributed by atoms with Gasteiger partial charge in [-0.25, -0.2) is 0 Å². The summed E-state index contributed by atoms with van der Waals surface area (Å²) in [4.78, 5) is 38.7. The van der Waals surface area contributed by atoms with E-state index in [-0.39, 0.29) is 30.4 Å². The molecule has 4 unspecified atom stereocenters. The Morgan fingerprint density at radius 3 is 2.71 bits per heavy atom. The van der Waals surface area contributed by atoms with Crippen LogP contribution in [0.2, 0.25) is 0 Å². The lowest BCUT2D eigenvalue weighted by Gasteiger charge is -2.32. The number of aliphatic carboxylic acids is 1. The number of allylic oxidation sites excluding steroid dienone is 2. The molecule has 0 spiro atoms. The van der Waals surface area contributed by atoms with E-state index in [9.17, 15) is 19.5 Å². The highest BCUT2D eigenvalue weighted by molar-refractivity contribution is 8.00. The molecule has 7 nitrogen and oxygen atoms in total. The molecule has 0 saturated carbocycles. The Hall–Kier alpha value is -2.58. The van der Waals surface area contributed by atoms with Gasteiger partial charge in [-0.15, -0.1) is 11.8 Å². The number of hydrogen-bond acceptors (Lipinski definition) is 6. The van der Waals surface area contributed by atoms with Crippen molar-refractivity contribution in [2.75, 3.05) is 18.9 Å². The summed E-state index contributed by atoms with van der Waals surface area (Å²) in [5.41, 5.74) is 1.09. The van der Waals surface area contributed by atoms with Crippen molar-refractivity contribution in [3.63, 3.8) is 0 Å². The highest BCUT2D eigenvalue weighted by atomic mass is 32.2. The molecule has 31 heavy (non-hydrogen) atoms. The normalized spacial score (nSPS) is 23.7. The van der Waals surface area contributed by atoms with Gasteiger partial charge in [0.2, 0.25) is 5.91 Å². The minimum absolute atomic E-state index is 0.0227. The van der Waals surface area contributed by atoms with Crippen LogP contribution in [0, 0.1) is 0 Å².